The van der Waals surface area contributed by atoms with Crippen LogP contribution in [0.25, 0.3) is 10.4 Å². The van der Waals surface area contributed by atoms with E-state index in [1.165, 1.54) is 26.0 Å². The Bertz CT molecular complexity index is 919. The highest BCUT2D eigenvalue weighted by Gasteiger charge is 2.26. The number of alkyl halides is 1. The number of amides is 1. The molecule has 0 aliphatic rings. The largest absolute Gasteiger partial charge is 0.345 e. The first kappa shape index (κ1) is 23.8. The van der Waals surface area contributed by atoms with Crippen molar-refractivity contribution in [3.63, 3.8) is 0 Å². The lowest BCUT2D eigenvalue weighted by Gasteiger charge is -2.16. The van der Waals surface area contributed by atoms with Gasteiger partial charge in [0.1, 0.15) is 0 Å². The predicted molar refractivity (Wildman–Crippen MR) is 109 cm³/mol. The van der Waals surface area contributed by atoms with Crippen molar-refractivity contribution in [1.29, 1.82) is 0 Å². The molecule has 1 N–H and O–H groups in total. The van der Waals surface area contributed by atoms with Gasteiger partial charge in [0.25, 0.3) is 0 Å². The van der Waals surface area contributed by atoms with Gasteiger partial charge in [0, 0.05) is 16.3 Å². The fourth-order valence-electron chi connectivity index (χ4n) is 2.74. The van der Waals surface area contributed by atoms with Gasteiger partial charge in [0.15, 0.2) is 5.78 Å². The number of halogens is 1. The number of ketones is 1. The van der Waals surface area contributed by atoms with Crippen LogP contribution in [0, 0.1) is 24.0 Å². The molecule has 1 amide bonds. The maximum atomic E-state index is 12.5. The van der Waals surface area contributed by atoms with E-state index in [0.29, 0.717) is 5.56 Å². The summed E-state index contributed by atoms with van der Waals surface area (Å²) >= 11 is 1.83. The summed E-state index contributed by atoms with van der Waals surface area (Å²) < 4.78 is 24.5. The van der Waals surface area contributed by atoms with Gasteiger partial charge in [-0.15, -0.1) is 0 Å². The minimum atomic E-state index is -4.11. The van der Waals surface area contributed by atoms with Crippen LogP contribution in [0.15, 0.2) is 22.1 Å². The highest BCUT2D eigenvalue weighted by atomic mass is 127. The molecule has 1 aromatic carbocycles. The summed E-state index contributed by atoms with van der Waals surface area (Å²) in [5, 5.41) is 16.4. The first-order chi connectivity index (χ1) is 13.0. The molecule has 0 radical (unpaired) electrons. The molecule has 0 fully saturated rings. The zero-order chi connectivity index (χ0) is 21.5. The Hall–Kier alpha value is -2.25. The summed E-state index contributed by atoms with van der Waals surface area (Å²) in [6.07, 6.45) is -0.135. The van der Waals surface area contributed by atoms with Gasteiger partial charge in [-0.25, -0.2) is 8.42 Å². The first-order valence-electron chi connectivity index (χ1n) is 7.85. The average molecular weight is 523 g/mol. The monoisotopic (exact) mass is 523 g/mol. The molecule has 0 aromatic heterocycles. The number of nitro groups is 1. The second kappa shape index (κ2) is 10.3. The maximum Gasteiger partial charge on any atom is 0.305 e. The van der Waals surface area contributed by atoms with Gasteiger partial charge in [0.2, 0.25) is 15.7 Å². The summed E-state index contributed by atoms with van der Waals surface area (Å²) in [5.74, 6) is -2.02. The quantitative estimate of drug-likeness (QED) is 0.0929. The van der Waals surface area contributed by atoms with Crippen molar-refractivity contribution in [3.05, 3.63) is 49.4 Å². The Morgan fingerprint density at radius 2 is 1.93 bits per heavy atom. The van der Waals surface area contributed by atoms with Crippen LogP contribution in [0.1, 0.15) is 16.7 Å². The number of carbonyl (C=O) groups is 2. The number of nitrogens with one attached hydrogen (secondary N) is 1. The molecule has 0 bridgehead atoms. The summed E-state index contributed by atoms with van der Waals surface area (Å²) in [7, 11) is -4.11. The lowest BCUT2D eigenvalue weighted by Crippen LogP contribution is -2.44. The van der Waals surface area contributed by atoms with Crippen LogP contribution in [-0.4, -0.2) is 47.9 Å². The van der Waals surface area contributed by atoms with Gasteiger partial charge in [-0.05, 0) is 36.1 Å². The molecule has 11 nitrogen and oxygen atoms in total. The normalized spacial score (nSPS) is 12.0. The number of rotatable bonds is 10. The fraction of sp³-hybridized carbons (Fsp3) is 0.467. The van der Waals surface area contributed by atoms with E-state index in [1.54, 1.807) is 0 Å². The molecular formula is C15H18IN5O6S. The van der Waals surface area contributed by atoms with E-state index in [1.807, 2.05) is 22.6 Å². The molecule has 28 heavy (non-hydrogen) atoms. The minimum absolute atomic E-state index is 0.124. The van der Waals surface area contributed by atoms with Crippen molar-refractivity contribution >= 4 is 44.1 Å². The van der Waals surface area contributed by atoms with Gasteiger partial charge in [-0.3, -0.25) is 19.7 Å². The Morgan fingerprint density at radius 3 is 2.39 bits per heavy atom. The van der Waals surface area contributed by atoms with Crippen molar-refractivity contribution < 1.29 is 22.9 Å². The van der Waals surface area contributed by atoms with Crippen LogP contribution in [0.4, 0.5) is 0 Å². The van der Waals surface area contributed by atoms with Crippen LogP contribution in [0.3, 0.4) is 0 Å². The standard InChI is InChI=1S/C15H18IN5O6S/c1-9-3-11(4-10(2)15(9)28(26,27)8-21(24)25)5-13(22)12(7-18-20-17)19-14(23)6-16/h3-4,12H,5-8H2,1-2H3,(H,19,23). The molecule has 1 aromatic rings. The highest BCUT2D eigenvalue weighted by Crippen LogP contribution is 2.24. The van der Waals surface area contributed by atoms with E-state index < -0.39 is 32.5 Å². The number of hydrogen-bond acceptors (Lipinski definition) is 7. The number of azide groups is 1. The molecule has 0 saturated heterocycles. The van der Waals surface area contributed by atoms with Gasteiger partial charge in [-0.1, -0.05) is 39.8 Å². The zero-order valence-electron chi connectivity index (χ0n) is 15.1. The summed E-state index contributed by atoms with van der Waals surface area (Å²) in [6, 6.07) is 1.92. The number of nitrogens with zero attached hydrogens (tertiary/aromatic N) is 4. The highest BCUT2D eigenvalue weighted by molar-refractivity contribution is 14.1. The molecule has 152 valence electrons. The lowest BCUT2D eigenvalue weighted by molar-refractivity contribution is -0.458. The molecule has 0 heterocycles. The third-order valence-electron chi connectivity index (χ3n) is 3.66. The van der Waals surface area contributed by atoms with Crippen molar-refractivity contribution in [3.8, 4) is 0 Å². The van der Waals surface area contributed by atoms with Crippen LogP contribution < -0.4 is 5.32 Å². The molecule has 1 atom stereocenters. The van der Waals surface area contributed by atoms with E-state index in [-0.39, 0.29) is 39.3 Å². The van der Waals surface area contributed by atoms with Crippen LogP contribution in [-0.2, 0) is 25.8 Å². The molecule has 1 rings (SSSR count). The van der Waals surface area contributed by atoms with Crippen LogP contribution in [0.5, 0.6) is 0 Å². The lowest BCUT2D eigenvalue weighted by atomic mass is 10.00. The van der Waals surface area contributed by atoms with E-state index in [9.17, 15) is 28.1 Å². The number of aryl methyl sites for hydroxylation is 2. The van der Waals surface area contributed by atoms with Crippen LogP contribution in [0.2, 0.25) is 0 Å². The number of hydrogen-bond donors (Lipinski definition) is 1. The van der Waals surface area contributed by atoms with E-state index in [2.05, 4.69) is 15.3 Å². The van der Waals surface area contributed by atoms with Crippen LogP contribution >= 0.6 is 22.6 Å². The smallest absolute Gasteiger partial charge is 0.305 e. The SMILES string of the molecule is Cc1cc(CC(=O)C(CN=[N+]=[N-])NC(=O)CI)cc(C)c1S(=O)(=O)C[N+](=O)[O-]. The summed E-state index contributed by atoms with van der Waals surface area (Å²) in [5.41, 5.74) is 9.50. The maximum absolute atomic E-state index is 12.5. The van der Waals surface area contributed by atoms with Crippen molar-refractivity contribution in [2.24, 2.45) is 5.11 Å². The molecule has 13 heteroatoms. The second-order valence-electron chi connectivity index (χ2n) is 5.95. The van der Waals surface area contributed by atoms with E-state index in [0.717, 1.165) is 0 Å². The third kappa shape index (κ3) is 6.73. The van der Waals surface area contributed by atoms with E-state index in [4.69, 9.17) is 5.53 Å². The third-order valence-corrected chi connectivity index (χ3v) is 6.17. The first-order valence-corrected chi connectivity index (χ1v) is 11.0. The summed E-state index contributed by atoms with van der Waals surface area (Å²) in [6.45, 7) is 2.73. The van der Waals surface area contributed by atoms with Crippen molar-refractivity contribution in [2.75, 3.05) is 16.8 Å². The van der Waals surface area contributed by atoms with Gasteiger partial charge >= 0.3 is 5.88 Å². The Morgan fingerprint density at radius 1 is 1.36 bits per heavy atom. The predicted octanol–water partition coefficient (Wildman–Crippen LogP) is 1.65. The van der Waals surface area contributed by atoms with Gasteiger partial charge in [0.05, 0.1) is 21.9 Å². The molecule has 0 aliphatic heterocycles. The van der Waals surface area contributed by atoms with Crippen molar-refractivity contribution in [2.45, 2.75) is 31.2 Å². The molecule has 0 spiro atoms. The Labute approximate surface area is 174 Å². The Balaban J connectivity index is 3.14. The fourth-order valence-corrected chi connectivity index (χ4v) is 4.47. The molecular weight excluding hydrogens is 505 g/mol. The number of sulfone groups is 1. The molecule has 0 saturated carbocycles. The second-order valence-corrected chi connectivity index (χ2v) is 8.60. The van der Waals surface area contributed by atoms with E-state index >= 15 is 0 Å². The number of carbonyl (C=O) groups excluding carboxylic acids is 2. The number of benzene rings is 1. The molecule has 0 aliphatic carbocycles. The van der Waals surface area contributed by atoms with Gasteiger partial charge < -0.3 is 5.32 Å². The van der Waals surface area contributed by atoms with Crippen molar-refractivity contribution in [1.82, 2.24) is 5.32 Å². The average Bonchev–Trinajstić information content (AvgIpc) is 2.55. The van der Waals surface area contributed by atoms with Gasteiger partial charge in [-0.2, -0.15) is 0 Å². The number of Topliss-reactive ketones (excluding diaryl/α,β-unsaturated/α-hetero) is 1. The summed E-state index contributed by atoms with van der Waals surface area (Å²) in [4.78, 5) is 36.2. The zero-order valence-corrected chi connectivity index (χ0v) is 18.1. The topological polar surface area (TPSA) is 172 Å². The minimum Gasteiger partial charge on any atom is -0.345 e. The molecule has 1 unspecified atom stereocenters. The Kier molecular flexibility index (Phi) is 8.78.